The standard InChI is InChI=1S/C35H42F2N6O/c1-3-5-6-7-8-19-43-32-29(23-30(33(43)44)34(24-38)15-16-34)31(40-25-41-32)39-17-12-26-10-9-11-28(22-26)35(36,37)27-13-20-42(18-4-2)21-14-27/h3-4,9-11,22-23,25,27H,1-2,5-8,12-21H2,(H,39,40,41). The number of halogens is 2. The normalized spacial score (nSPS) is 16.8. The van der Waals surface area contributed by atoms with Gasteiger partial charge in [-0.1, -0.05) is 36.8 Å². The second-order valence-corrected chi connectivity index (χ2v) is 12.2. The van der Waals surface area contributed by atoms with Gasteiger partial charge in [0, 0.05) is 36.7 Å². The zero-order valence-electron chi connectivity index (χ0n) is 25.4. The number of likely N-dealkylation sites (tertiary alicyclic amines) is 1. The van der Waals surface area contributed by atoms with Gasteiger partial charge in [-0.05, 0) is 82.2 Å². The third-order valence-electron chi connectivity index (χ3n) is 9.16. The van der Waals surface area contributed by atoms with Crippen LogP contribution in [-0.2, 0) is 24.3 Å². The highest BCUT2D eigenvalue weighted by molar-refractivity contribution is 5.87. The third kappa shape index (κ3) is 6.76. The van der Waals surface area contributed by atoms with Gasteiger partial charge in [-0.2, -0.15) is 5.26 Å². The summed E-state index contributed by atoms with van der Waals surface area (Å²) in [6, 6.07) is 10.9. The van der Waals surface area contributed by atoms with Gasteiger partial charge in [0.2, 0.25) is 0 Å². The molecule has 0 unspecified atom stereocenters. The van der Waals surface area contributed by atoms with E-state index < -0.39 is 17.3 Å². The number of nitrogens with zero attached hydrogens (tertiary/aromatic N) is 5. The van der Waals surface area contributed by atoms with Crippen LogP contribution in [0.15, 0.2) is 66.8 Å². The summed E-state index contributed by atoms with van der Waals surface area (Å²) in [6.45, 7) is 10.5. The predicted molar refractivity (Wildman–Crippen MR) is 171 cm³/mol. The molecule has 1 saturated heterocycles. The molecule has 2 fully saturated rings. The molecule has 5 rings (SSSR count). The number of aryl methyl sites for hydroxylation is 1. The van der Waals surface area contributed by atoms with Crippen LogP contribution in [0.25, 0.3) is 11.0 Å². The average molecular weight is 601 g/mol. The van der Waals surface area contributed by atoms with Crippen molar-refractivity contribution in [3.05, 3.63) is 89.0 Å². The number of nitriles is 1. The van der Waals surface area contributed by atoms with Crippen LogP contribution in [0.5, 0.6) is 0 Å². The first-order valence-corrected chi connectivity index (χ1v) is 15.8. The van der Waals surface area contributed by atoms with E-state index in [9.17, 15) is 10.1 Å². The van der Waals surface area contributed by atoms with Gasteiger partial charge in [0.05, 0.1) is 16.9 Å². The van der Waals surface area contributed by atoms with Crippen molar-refractivity contribution in [1.29, 1.82) is 5.26 Å². The Hall–Kier alpha value is -3.90. The molecule has 1 aliphatic heterocycles. The molecule has 44 heavy (non-hydrogen) atoms. The molecule has 0 spiro atoms. The molecule has 2 aromatic heterocycles. The van der Waals surface area contributed by atoms with Gasteiger partial charge < -0.3 is 5.32 Å². The van der Waals surface area contributed by atoms with E-state index >= 15 is 8.78 Å². The van der Waals surface area contributed by atoms with Gasteiger partial charge >= 0.3 is 0 Å². The lowest BCUT2D eigenvalue weighted by atomic mass is 9.86. The van der Waals surface area contributed by atoms with Crippen molar-refractivity contribution in [3.63, 3.8) is 0 Å². The minimum absolute atomic E-state index is 0.0673. The molecule has 0 radical (unpaired) electrons. The minimum atomic E-state index is -2.89. The van der Waals surface area contributed by atoms with E-state index in [1.54, 1.807) is 22.8 Å². The Morgan fingerprint density at radius 3 is 2.61 bits per heavy atom. The predicted octanol–water partition coefficient (Wildman–Crippen LogP) is 6.74. The number of unbranched alkanes of at least 4 members (excludes halogenated alkanes) is 3. The lowest BCUT2D eigenvalue weighted by Gasteiger charge is -2.35. The van der Waals surface area contributed by atoms with Crippen LogP contribution in [0.1, 0.15) is 68.1 Å². The second-order valence-electron chi connectivity index (χ2n) is 12.2. The van der Waals surface area contributed by atoms with Crippen molar-refractivity contribution in [1.82, 2.24) is 19.4 Å². The average Bonchev–Trinajstić information content (AvgIpc) is 3.83. The first kappa shape index (κ1) is 31.5. The van der Waals surface area contributed by atoms with Gasteiger partial charge in [0.15, 0.2) is 0 Å². The topological polar surface area (TPSA) is 86.8 Å². The zero-order chi connectivity index (χ0) is 31.2. The van der Waals surface area contributed by atoms with Crippen LogP contribution in [0.3, 0.4) is 0 Å². The van der Waals surface area contributed by atoms with E-state index in [2.05, 4.69) is 39.4 Å². The highest BCUT2D eigenvalue weighted by Crippen LogP contribution is 2.47. The molecular formula is C35H42F2N6O. The van der Waals surface area contributed by atoms with Gasteiger partial charge in [0.25, 0.3) is 11.5 Å². The van der Waals surface area contributed by atoms with E-state index in [1.807, 2.05) is 18.2 Å². The number of fused-ring (bicyclic) bond motifs is 1. The Balaban J connectivity index is 1.32. The molecule has 0 atom stereocenters. The van der Waals surface area contributed by atoms with Gasteiger partial charge in [-0.25, -0.2) is 18.7 Å². The molecule has 1 saturated carbocycles. The van der Waals surface area contributed by atoms with Gasteiger partial charge in [0.1, 0.15) is 17.8 Å². The Morgan fingerprint density at radius 2 is 1.91 bits per heavy atom. The molecule has 7 nitrogen and oxygen atoms in total. The number of rotatable bonds is 15. The summed E-state index contributed by atoms with van der Waals surface area (Å²) >= 11 is 0. The van der Waals surface area contributed by atoms with Gasteiger partial charge in [-0.15, -0.1) is 13.2 Å². The van der Waals surface area contributed by atoms with E-state index in [0.717, 1.165) is 37.8 Å². The molecule has 1 aromatic carbocycles. The molecule has 1 aliphatic carbocycles. The van der Waals surface area contributed by atoms with Crippen LogP contribution in [-0.4, -0.2) is 45.6 Å². The van der Waals surface area contributed by atoms with Crippen LogP contribution in [0, 0.1) is 17.2 Å². The Kier molecular flexibility index (Phi) is 9.90. The number of pyridine rings is 1. The summed E-state index contributed by atoms with van der Waals surface area (Å²) < 4.78 is 32.8. The molecule has 9 heteroatoms. The molecule has 232 valence electrons. The first-order valence-electron chi connectivity index (χ1n) is 15.8. The van der Waals surface area contributed by atoms with Gasteiger partial charge in [-0.3, -0.25) is 14.3 Å². The number of aromatic nitrogens is 3. The SMILES string of the molecule is C=CCCCCCn1c(=O)c(C2(C#N)CC2)cc2c(NCCc3cccc(C(F)(F)C4CCN(CC=C)CC4)c3)ncnc21. The van der Waals surface area contributed by atoms with Crippen molar-refractivity contribution in [2.75, 3.05) is 31.5 Å². The number of alkyl halides is 2. The first-order chi connectivity index (χ1) is 21.3. The number of nitrogens with one attached hydrogen (secondary N) is 1. The zero-order valence-corrected chi connectivity index (χ0v) is 25.4. The molecule has 0 amide bonds. The monoisotopic (exact) mass is 600 g/mol. The smallest absolute Gasteiger partial charge is 0.276 e. The summed E-state index contributed by atoms with van der Waals surface area (Å²) in [4.78, 5) is 24.7. The maximum Gasteiger partial charge on any atom is 0.276 e. The molecule has 3 heterocycles. The summed E-state index contributed by atoms with van der Waals surface area (Å²) in [5.74, 6) is -3.00. The van der Waals surface area contributed by atoms with Crippen LogP contribution in [0.2, 0.25) is 0 Å². The number of benzene rings is 1. The van der Waals surface area contributed by atoms with Crippen molar-refractivity contribution in [3.8, 4) is 6.07 Å². The lowest BCUT2D eigenvalue weighted by Crippen LogP contribution is -2.39. The van der Waals surface area contributed by atoms with Crippen molar-refractivity contribution in [2.45, 2.75) is 75.7 Å². The Morgan fingerprint density at radius 1 is 1.11 bits per heavy atom. The summed E-state index contributed by atoms with van der Waals surface area (Å²) in [5, 5.41) is 13.9. The fourth-order valence-electron chi connectivity index (χ4n) is 6.33. The van der Waals surface area contributed by atoms with E-state index in [-0.39, 0.29) is 11.1 Å². The van der Waals surface area contributed by atoms with Crippen molar-refractivity contribution in [2.24, 2.45) is 5.92 Å². The maximum atomic E-state index is 15.6. The molecular weight excluding hydrogens is 558 g/mol. The lowest BCUT2D eigenvalue weighted by molar-refractivity contribution is -0.0847. The Labute approximate surface area is 258 Å². The summed E-state index contributed by atoms with van der Waals surface area (Å²) in [5.41, 5.74) is 1.01. The van der Waals surface area contributed by atoms with E-state index in [4.69, 9.17) is 0 Å². The molecule has 1 N–H and O–H groups in total. The number of hydrogen-bond acceptors (Lipinski definition) is 6. The van der Waals surface area contributed by atoms with E-state index in [0.29, 0.717) is 80.7 Å². The maximum absolute atomic E-state index is 15.6. The third-order valence-corrected chi connectivity index (χ3v) is 9.16. The Bertz CT molecular complexity index is 1580. The van der Waals surface area contributed by atoms with Crippen LogP contribution >= 0.6 is 0 Å². The number of hydrogen-bond donors (Lipinski definition) is 1. The fourth-order valence-corrected chi connectivity index (χ4v) is 6.33. The second kappa shape index (κ2) is 13.8. The minimum Gasteiger partial charge on any atom is -0.369 e. The number of anilines is 1. The quantitative estimate of drug-likeness (QED) is 0.154. The van der Waals surface area contributed by atoms with Crippen molar-refractivity contribution < 1.29 is 8.78 Å². The summed E-state index contributed by atoms with van der Waals surface area (Å²) in [7, 11) is 0. The van der Waals surface area contributed by atoms with Crippen LogP contribution < -0.4 is 10.9 Å². The number of piperidine rings is 1. The largest absolute Gasteiger partial charge is 0.369 e. The molecule has 0 bridgehead atoms. The molecule has 3 aromatic rings. The highest BCUT2D eigenvalue weighted by Gasteiger charge is 2.47. The highest BCUT2D eigenvalue weighted by atomic mass is 19.3. The number of allylic oxidation sites excluding steroid dienone is 1. The fraction of sp³-hybridized carbons (Fsp3) is 0.486. The van der Waals surface area contributed by atoms with Crippen molar-refractivity contribution >= 4 is 16.9 Å². The molecule has 2 aliphatic rings. The van der Waals surface area contributed by atoms with E-state index in [1.165, 1.54) is 12.4 Å². The van der Waals surface area contributed by atoms with Crippen LogP contribution in [0.4, 0.5) is 14.6 Å². The summed E-state index contributed by atoms with van der Waals surface area (Å²) in [6.07, 6.45) is 11.6.